The van der Waals surface area contributed by atoms with Gasteiger partial charge in [-0.2, -0.15) is 0 Å². The van der Waals surface area contributed by atoms with E-state index in [2.05, 4.69) is 9.55 Å². The third-order valence-electron chi connectivity index (χ3n) is 4.05. The van der Waals surface area contributed by atoms with E-state index in [9.17, 15) is 9.50 Å². The highest BCUT2D eigenvalue weighted by atomic mass is 19.1. The summed E-state index contributed by atoms with van der Waals surface area (Å²) in [4.78, 5) is 6.68. The summed E-state index contributed by atoms with van der Waals surface area (Å²) >= 11 is 0. The fourth-order valence-corrected chi connectivity index (χ4v) is 2.82. The topological polar surface area (TPSA) is 50.5 Å². The number of rotatable bonds is 5. The summed E-state index contributed by atoms with van der Waals surface area (Å²) in [6, 6.07) is 10.9. The molecule has 0 radical (unpaired) electrons. The Bertz CT molecular complexity index is 876. The predicted molar refractivity (Wildman–Crippen MR) is 90.5 cm³/mol. The molecule has 3 rings (SSSR count). The van der Waals surface area contributed by atoms with Crippen molar-refractivity contribution in [2.45, 2.75) is 13.1 Å². The monoisotopic (exact) mass is 329 g/mol. The van der Waals surface area contributed by atoms with Gasteiger partial charge in [-0.3, -0.25) is 4.90 Å². The van der Waals surface area contributed by atoms with Crippen LogP contribution in [-0.2, 0) is 20.1 Å². The van der Waals surface area contributed by atoms with E-state index in [1.807, 2.05) is 43.3 Å². The fourth-order valence-electron chi connectivity index (χ4n) is 2.82. The first kappa shape index (κ1) is 16.3. The number of hydrogen-bond donors (Lipinski definition) is 1. The summed E-state index contributed by atoms with van der Waals surface area (Å²) in [5.41, 5.74) is 2.77. The van der Waals surface area contributed by atoms with Crippen molar-refractivity contribution >= 4 is 11.0 Å². The van der Waals surface area contributed by atoms with Crippen LogP contribution in [0.2, 0.25) is 0 Å². The van der Waals surface area contributed by atoms with E-state index < -0.39 is 11.6 Å². The summed E-state index contributed by atoms with van der Waals surface area (Å²) < 4.78 is 20.8. The summed E-state index contributed by atoms with van der Waals surface area (Å²) in [5.74, 6) is -0.0641. The lowest BCUT2D eigenvalue weighted by Crippen LogP contribution is -2.19. The molecule has 0 atom stereocenters. The van der Waals surface area contributed by atoms with Crippen molar-refractivity contribution in [2.24, 2.45) is 7.05 Å². The number of aromatic hydroxyl groups is 1. The first-order chi connectivity index (χ1) is 11.5. The maximum Gasteiger partial charge on any atom is 0.194 e. The highest BCUT2D eigenvalue weighted by Gasteiger charge is 2.13. The summed E-state index contributed by atoms with van der Waals surface area (Å²) in [7, 11) is 5.33. The number of nitrogens with zero attached hydrogens (tertiary/aromatic N) is 3. The number of imidazole rings is 1. The maximum absolute atomic E-state index is 13.7. The Labute approximate surface area is 139 Å². The summed E-state index contributed by atoms with van der Waals surface area (Å²) in [6.45, 7) is 1.13. The first-order valence-electron chi connectivity index (χ1n) is 7.64. The largest absolute Gasteiger partial charge is 0.502 e. The van der Waals surface area contributed by atoms with E-state index in [-0.39, 0.29) is 5.75 Å². The average molecular weight is 329 g/mol. The van der Waals surface area contributed by atoms with Crippen LogP contribution in [0.1, 0.15) is 11.4 Å². The fraction of sp³-hybridized carbons (Fsp3) is 0.278. The molecule has 1 N–H and O–H groups in total. The van der Waals surface area contributed by atoms with Gasteiger partial charge in [0.1, 0.15) is 5.82 Å². The van der Waals surface area contributed by atoms with Crippen molar-refractivity contribution < 1.29 is 14.2 Å². The van der Waals surface area contributed by atoms with Crippen molar-refractivity contribution in [3.05, 3.63) is 53.6 Å². The second kappa shape index (κ2) is 6.49. The van der Waals surface area contributed by atoms with Crippen LogP contribution >= 0.6 is 0 Å². The van der Waals surface area contributed by atoms with Gasteiger partial charge in [-0.05, 0) is 36.9 Å². The predicted octanol–water partition coefficient (Wildman–Crippen LogP) is 3.06. The van der Waals surface area contributed by atoms with E-state index >= 15 is 0 Å². The minimum atomic E-state index is -0.680. The number of phenolic OH excluding ortho intramolecular Hbond substituents is 1. The second-order valence-electron chi connectivity index (χ2n) is 5.88. The number of phenols is 1. The minimum Gasteiger partial charge on any atom is -0.502 e. The van der Waals surface area contributed by atoms with Gasteiger partial charge in [-0.25, -0.2) is 9.37 Å². The molecule has 0 saturated carbocycles. The summed E-state index contributed by atoms with van der Waals surface area (Å²) in [6.07, 6.45) is 0. The average Bonchev–Trinajstić information content (AvgIpc) is 2.87. The van der Waals surface area contributed by atoms with Crippen molar-refractivity contribution in [3.8, 4) is 11.5 Å². The van der Waals surface area contributed by atoms with E-state index in [4.69, 9.17) is 4.74 Å². The van der Waals surface area contributed by atoms with Gasteiger partial charge in [0, 0.05) is 13.6 Å². The number of methoxy groups -OCH3 is 1. The van der Waals surface area contributed by atoms with E-state index in [0.29, 0.717) is 13.1 Å². The first-order valence-corrected chi connectivity index (χ1v) is 7.64. The number of aryl methyl sites for hydroxylation is 1. The van der Waals surface area contributed by atoms with Gasteiger partial charge in [-0.1, -0.05) is 12.1 Å². The van der Waals surface area contributed by atoms with Crippen LogP contribution in [0.15, 0.2) is 36.4 Å². The third-order valence-corrected chi connectivity index (χ3v) is 4.05. The quantitative estimate of drug-likeness (QED) is 0.782. The number of hydrogen-bond acceptors (Lipinski definition) is 4. The SMILES string of the molecule is COc1cc(CN(C)Cc2nc3ccccc3n2C)cc(F)c1O. The van der Waals surface area contributed by atoms with Gasteiger partial charge in [-0.15, -0.1) is 0 Å². The Kier molecular flexibility index (Phi) is 4.40. The Hall–Kier alpha value is -2.60. The van der Waals surface area contributed by atoms with Gasteiger partial charge in [0.25, 0.3) is 0 Å². The molecule has 0 unspecified atom stereocenters. The molecule has 0 amide bonds. The van der Waals surface area contributed by atoms with Crippen molar-refractivity contribution in [2.75, 3.05) is 14.2 Å². The van der Waals surface area contributed by atoms with Gasteiger partial charge < -0.3 is 14.4 Å². The molecule has 0 bridgehead atoms. The molecule has 1 heterocycles. The molecule has 0 aliphatic heterocycles. The highest BCUT2D eigenvalue weighted by molar-refractivity contribution is 5.75. The second-order valence-corrected chi connectivity index (χ2v) is 5.88. The number of halogens is 1. The number of para-hydroxylation sites is 2. The number of benzene rings is 2. The van der Waals surface area contributed by atoms with Crippen LogP contribution in [0, 0.1) is 5.82 Å². The molecular weight excluding hydrogens is 309 g/mol. The lowest BCUT2D eigenvalue weighted by Gasteiger charge is -2.17. The molecule has 0 saturated heterocycles. The van der Waals surface area contributed by atoms with Crippen LogP contribution < -0.4 is 4.74 Å². The van der Waals surface area contributed by atoms with Gasteiger partial charge >= 0.3 is 0 Å². The molecule has 3 aromatic rings. The molecule has 0 fully saturated rings. The normalized spacial score (nSPS) is 11.4. The Balaban J connectivity index is 1.79. The molecule has 5 nitrogen and oxygen atoms in total. The zero-order valence-electron chi connectivity index (χ0n) is 14.0. The smallest absolute Gasteiger partial charge is 0.194 e. The van der Waals surface area contributed by atoms with Crippen LogP contribution in [0.5, 0.6) is 11.5 Å². The maximum atomic E-state index is 13.7. The van der Waals surface area contributed by atoms with Crippen molar-refractivity contribution in [1.82, 2.24) is 14.5 Å². The minimum absolute atomic E-state index is 0.140. The van der Waals surface area contributed by atoms with Crippen LogP contribution in [-0.4, -0.2) is 33.7 Å². The van der Waals surface area contributed by atoms with Crippen LogP contribution in [0.4, 0.5) is 4.39 Å². The third kappa shape index (κ3) is 3.05. The number of aromatic nitrogens is 2. The van der Waals surface area contributed by atoms with E-state index in [0.717, 1.165) is 22.4 Å². The molecule has 0 aliphatic carbocycles. The van der Waals surface area contributed by atoms with Crippen LogP contribution in [0.25, 0.3) is 11.0 Å². The highest BCUT2D eigenvalue weighted by Crippen LogP contribution is 2.30. The molecule has 0 spiro atoms. The van der Waals surface area contributed by atoms with Crippen molar-refractivity contribution in [3.63, 3.8) is 0 Å². The molecule has 0 aliphatic rings. The van der Waals surface area contributed by atoms with E-state index in [1.54, 1.807) is 6.07 Å². The Morgan fingerprint density at radius 1 is 1.25 bits per heavy atom. The molecule has 2 aromatic carbocycles. The molecule has 24 heavy (non-hydrogen) atoms. The number of fused-ring (bicyclic) bond motifs is 1. The Morgan fingerprint density at radius 2 is 2.00 bits per heavy atom. The van der Waals surface area contributed by atoms with Gasteiger partial charge in [0.05, 0.1) is 24.7 Å². The van der Waals surface area contributed by atoms with Gasteiger partial charge in [0.2, 0.25) is 0 Å². The van der Waals surface area contributed by atoms with E-state index in [1.165, 1.54) is 13.2 Å². The molecule has 1 aromatic heterocycles. The Morgan fingerprint density at radius 3 is 2.71 bits per heavy atom. The lowest BCUT2D eigenvalue weighted by atomic mass is 10.2. The summed E-state index contributed by atoms with van der Waals surface area (Å²) in [5, 5.41) is 9.58. The van der Waals surface area contributed by atoms with Gasteiger partial charge in [0.15, 0.2) is 17.3 Å². The van der Waals surface area contributed by atoms with Crippen molar-refractivity contribution in [1.29, 1.82) is 0 Å². The number of ether oxygens (including phenoxy) is 1. The zero-order valence-corrected chi connectivity index (χ0v) is 14.0. The molecule has 6 heteroatoms. The molecule has 126 valence electrons. The standard InChI is InChI=1S/C18H20FN3O2/c1-21(10-12-8-13(19)18(23)16(9-12)24-3)11-17-20-14-6-4-5-7-15(14)22(17)2/h4-9,23H,10-11H2,1-3H3. The lowest BCUT2D eigenvalue weighted by molar-refractivity contribution is 0.304. The zero-order chi connectivity index (χ0) is 17.3. The molecular formula is C18H20FN3O2. The van der Waals surface area contributed by atoms with Crippen LogP contribution in [0.3, 0.4) is 0 Å².